The first kappa shape index (κ1) is 16.9. The molecule has 0 unspecified atom stereocenters. The number of rotatable bonds is 2. The standard InChI is InChI=1S/C14H22N2O5S/c1-13(2,3)21-12(19)15-7-9(17)16-8(11(18)20-6)14(4,5)22-10(7)16/h7-8,10H,1-6H3,(H,15,19)/t7-,8+,10-/m1/s1. The number of ether oxygens (including phenoxy) is 2. The summed E-state index contributed by atoms with van der Waals surface area (Å²) in [7, 11) is 1.30. The predicted molar refractivity (Wildman–Crippen MR) is 81.3 cm³/mol. The van der Waals surface area contributed by atoms with Gasteiger partial charge in [-0.25, -0.2) is 9.59 Å². The number of fused-ring (bicyclic) bond motifs is 1. The molecule has 2 rings (SSSR count). The molecule has 0 spiro atoms. The van der Waals surface area contributed by atoms with E-state index in [-0.39, 0.29) is 11.3 Å². The maximum Gasteiger partial charge on any atom is 0.408 e. The Kier molecular flexibility index (Phi) is 4.10. The molecule has 0 saturated carbocycles. The lowest BCUT2D eigenvalue weighted by Crippen LogP contribution is -2.70. The first-order valence-electron chi connectivity index (χ1n) is 7.05. The van der Waals surface area contributed by atoms with Crippen LogP contribution in [0.25, 0.3) is 0 Å². The molecule has 1 N–H and O–H groups in total. The number of hydrogen-bond donors (Lipinski definition) is 1. The zero-order valence-corrected chi connectivity index (χ0v) is 14.4. The second kappa shape index (κ2) is 5.33. The van der Waals surface area contributed by atoms with Gasteiger partial charge in [0.1, 0.15) is 23.1 Å². The van der Waals surface area contributed by atoms with E-state index in [1.54, 1.807) is 20.8 Å². The minimum Gasteiger partial charge on any atom is -0.467 e. The zero-order valence-electron chi connectivity index (χ0n) is 13.6. The van der Waals surface area contributed by atoms with Gasteiger partial charge in [-0.3, -0.25) is 4.79 Å². The van der Waals surface area contributed by atoms with E-state index in [1.165, 1.54) is 23.8 Å². The summed E-state index contributed by atoms with van der Waals surface area (Å²) in [5, 5.41) is 2.31. The van der Waals surface area contributed by atoms with Crippen molar-refractivity contribution in [2.45, 2.75) is 62.4 Å². The van der Waals surface area contributed by atoms with E-state index in [9.17, 15) is 14.4 Å². The van der Waals surface area contributed by atoms with Crippen LogP contribution in [0.15, 0.2) is 0 Å². The van der Waals surface area contributed by atoms with Gasteiger partial charge in [0.25, 0.3) is 0 Å². The number of nitrogens with one attached hydrogen (secondary N) is 1. The second-order valence-corrected chi connectivity index (χ2v) is 8.68. The van der Waals surface area contributed by atoms with Gasteiger partial charge in [0.2, 0.25) is 5.91 Å². The molecule has 0 aliphatic carbocycles. The highest BCUT2D eigenvalue weighted by Gasteiger charge is 2.64. The molecule has 0 bridgehead atoms. The molecule has 0 aromatic carbocycles. The number of methoxy groups -OCH3 is 1. The Morgan fingerprint density at radius 3 is 2.41 bits per heavy atom. The molecule has 2 amide bonds. The normalized spacial score (nSPS) is 29.5. The summed E-state index contributed by atoms with van der Waals surface area (Å²) in [6.07, 6.45) is -0.634. The molecule has 0 aromatic rings. The van der Waals surface area contributed by atoms with Crippen molar-refractivity contribution in [3.05, 3.63) is 0 Å². The fourth-order valence-electron chi connectivity index (χ4n) is 2.67. The molecule has 7 nitrogen and oxygen atoms in total. The monoisotopic (exact) mass is 330 g/mol. The minimum atomic E-state index is -0.672. The van der Waals surface area contributed by atoms with E-state index in [2.05, 4.69) is 5.32 Å². The lowest BCUT2D eigenvalue weighted by Gasteiger charge is -2.43. The zero-order chi connectivity index (χ0) is 16.9. The topological polar surface area (TPSA) is 84.9 Å². The Bertz CT molecular complexity index is 514. The number of thioether (sulfide) groups is 1. The fraction of sp³-hybridized carbons (Fsp3) is 0.786. The van der Waals surface area contributed by atoms with E-state index in [0.717, 1.165) is 0 Å². The molecule has 0 radical (unpaired) electrons. The van der Waals surface area contributed by atoms with E-state index >= 15 is 0 Å². The van der Waals surface area contributed by atoms with Gasteiger partial charge in [-0.2, -0.15) is 0 Å². The van der Waals surface area contributed by atoms with Crippen LogP contribution >= 0.6 is 11.8 Å². The van der Waals surface area contributed by atoms with Crippen LogP contribution in [0.2, 0.25) is 0 Å². The van der Waals surface area contributed by atoms with Gasteiger partial charge in [0, 0.05) is 4.75 Å². The number of nitrogens with zero attached hydrogens (tertiary/aromatic N) is 1. The lowest BCUT2D eigenvalue weighted by molar-refractivity contribution is -0.161. The summed E-state index contributed by atoms with van der Waals surface area (Å²) >= 11 is 1.48. The number of β-lactam (4-membered cyclic amide) rings is 1. The summed E-state index contributed by atoms with van der Waals surface area (Å²) in [4.78, 5) is 37.5. The molecule has 2 aliphatic heterocycles. The summed E-state index contributed by atoms with van der Waals surface area (Å²) in [6.45, 7) is 9.03. The fourth-order valence-corrected chi connectivity index (χ4v) is 4.29. The van der Waals surface area contributed by atoms with E-state index in [1.807, 2.05) is 13.8 Å². The first-order chi connectivity index (χ1) is 9.98. The van der Waals surface area contributed by atoms with Gasteiger partial charge in [-0.1, -0.05) is 0 Å². The third-order valence-electron chi connectivity index (χ3n) is 3.54. The quantitative estimate of drug-likeness (QED) is 0.603. The van der Waals surface area contributed by atoms with Crippen LogP contribution in [0, 0.1) is 0 Å². The van der Waals surface area contributed by atoms with Crippen molar-refractivity contribution in [2.75, 3.05) is 7.11 Å². The van der Waals surface area contributed by atoms with Crippen LogP contribution in [0.3, 0.4) is 0 Å². The van der Waals surface area contributed by atoms with Crippen molar-refractivity contribution in [3.8, 4) is 0 Å². The van der Waals surface area contributed by atoms with Crippen molar-refractivity contribution in [3.63, 3.8) is 0 Å². The van der Waals surface area contributed by atoms with Gasteiger partial charge >= 0.3 is 12.1 Å². The van der Waals surface area contributed by atoms with E-state index in [0.29, 0.717) is 0 Å². The molecule has 2 aliphatic rings. The summed E-state index contributed by atoms with van der Waals surface area (Å²) in [5.74, 6) is -0.728. The smallest absolute Gasteiger partial charge is 0.408 e. The summed E-state index contributed by atoms with van der Waals surface area (Å²) < 4.78 is 9.49. The van der Waals surface area contributed by atoms with E-state index < -0.39 is 34.5 Å². The Morgan fingerprint density at radius 1 is 1.32 bits per heavy atom. The average molecular weight is 330 g/mol. The van der Waals surface area contributed by atoms with Crippen LogP contribution in [0.4, 0.5) is 4.79 Å². The highest BCUT2D eigenvalue weighted by Crippen LogP contribution is 2.51. The van der Waals surface area contributed by atoms with Gasteiger partial charge in [0.15, 0.2) is 0 Å². The van der Waals surface area contributed by atoms with E-state index in [4.69, 9.17) is 9.47 Å². The number of hydrogen-bond acceptors (Lipinski definition) is 6. The van der Waals surface area contributed by atoms with Crippen LogP contribution in [-0.2, 0) is 19.1 Å². The summed E-state index contributed by atoms with van der Waals surface area (Å²) in [6, 6.07) is -1.31. The molecule has 8 heteroatoms. The van der Waals surface area contributed by atoms with Gasteiger partial charge < -0.3 is 19.7 Å². The average Bonchev–Trinajstić information content (AvgIpc) is 2.62. The molecule has 2 fully saturated rings. The molecule has 22 heavy (non-hydrogen) atoms. The number of esters is 1. The second-order valence-electron chi connectivity index (χ2n) is 6.91. The Labute approximate surface area is 134 Å². The number of carbonyl (C=O) groups is 3. The molecule has 3 atom stereocenters. The lowest BCUT2D eigenvalue weighted by atomic mass is 9.96. The number of carbonyl (C=O) groups excluding carboxylic acids is 3. The third-order valence-corrected chi connectivity index (χ3v) is 5.11. The van der Waals surface area contributed by atoms with Crippen molar-refractivity contribution >= 4 is 29.7 Å². The van der Waals surface area contributed by atoms with Gasteiger partial charge in [-0.15, -0.1) is 11.8 Å². The third kappa shape index (κ3) is 2.88. The van der Waals surface area contributed by atoms with Crippen molar-refractivity contribution in [2.24, 2.45) is 0 Å². The molecular weight excluding hydrogens is 308 g/mol. The van der Waals surface area contributed by atoms with Crippen molar-refractivity contribution in [1.29, 1.82) is 0 Å². The summed E-state index contributed by atoms with van der Waals surface area (Å²) in [5.41, 5.74) is -0.632. The maximum absolute atomic E-state index is 12.3. The Morgan fingerprint density at radius 2 is 1.91 bits per heavy atom. The molecule has 2 heterocycles. The number of amides is 2. The molecular formula is C14H22N2O5S. The highest BCUT2D eigenvalue weighted by atomic mass is 32.2. The highest BCUT2D eigenvalue weighted by molar-refractivity contribution is 8.01. The van der Waals surface area contributed by atoms with Gasteiger partial charge in [0.05, 0.1) is 7.11 Å². The molecule has 0 aromatic heterocycles. The largest absolute Gasteiger partial charge is 0.467 e. The Balaban J connectivity index is 2.08. The first-order valence-corrected chi connectivity index (χ1v) is 7.93. The van der Waals surface area contributed by atoms with Crippen LogP contribution in [-0.4, -0.2) is 57.8 Å². The number of alkyl carbamates (subject to hydrolysis) is 1. The molecule has 2 saturated heterocycles. The Hall–Kier alpha value is -1.44. The minimum absolute atomic E-state index is 0.279. The van der Waals surface area contributed by atoms with Crippen LogP contribution in [0.1, 0.15) is 34.6 Å². The van der Waals surface area contributed by atoms with Crippen LogP contribution < -0.4 is 5.32 Å². The van der Waals surface area contributed by atoms with Crippen molar-refractivity contribution < 1.29 is 23.9 Å². The van der Waals surface area contributed by atoms with Crippen LogP contribution in [0.5, 0.6) is 0 Å². The predicted octanol–water partition coefficient (Wildman–Crippen LogP) is 1.11. The maximum atomic E-state index is 12.3. The SMILES string of the molecule is COC(=O)[C@@H]1N2C(=O)[C@@H](NC(=O)OC(C)(C)C)[C@H]2SC1(C)C. The molecule has 124 valence electrons. The van der Waals surface area contributed by atoms with Crippen molar-refractivity contribution in [1.82, 2.24) is 10.2 Å². The van der Waals surface area contributed by atoms with Gasteiger partial charge in [-0.05, 0) is 34.6 Å².